The molecule has 2 fully saturated rings. The molecule has 1 atom stereocenters. The number of alkyl carbamates (subject to hydrolysis) is 1. The van der Waals surface area contributed by atoms with E-state index >= 15 is 0 Å². The number of hydrogen-bond donors (Lipinski definition) is 1. The molecule has 101 valence electrons. The summed E-state index contributed by atoms with van der Waals surface area (Å²) in [5.74, 6) is 0. The van der Waals surface area contributed by atoms with E-state index in [9.17, 15) is 4.79 Å². The van der Waals surface area contributed by atoms with Crippen molar-refractivity contribution in [3.05, 3.63) is 30.3 Å². The monoisotopic (exact) mass is 260 g/mol. The Hall–Kier alpha value is -1.75. The van der Waals surface area contributed by atoms with E-state index in [2.05, 4.69) is 27.7 Å². The van der Waals surface area contributed by atoms with Crippen LogP contribution in [0.1, 0.15) is 12.8 Å². The topological polar surface area (TPSA) is 55.7 Å². The van der Waals surface area contributed by atoms with Crippen molar-refractivity contribution in [1.82, 2.24) is 10.6 Å². The third-order valence-electron chi connectivity index (χ3n) is 3.34. The van der Waals surface area contributed by atoms with Crippen LogP contribution in [0.15, 0.2) is 30.3 Å². The Morgan fingerprint density at radius 1 is 1.32 bits per heavy atom. The predicted molar refractivity (Wildman–Crippen MR) is 72.1 cm³/mol. The van der Waals surface area contributed by atoms with Crippen molar-refractivity contribution in [1.29, 1.82) is 0 Å². The Morgan fingerprint density at radius 3 is 2.84 bits per heavy atom. The van der Waals surface area contributed by atoms with Gasteiger partial charge in [-0.15, -0.1) is 0 Å². The van der Waals surface area contributed by atoms with Crippen molar-refractivity contribution in [2.45, 2.75) is 25.1 Å². The van der Waals surface area contributed by atoms with Gasteiger partial charge in [0.1, 0.15) is 0 Å². The summed E-state index contributed by atoms with van der Waals surface area (Å²) in [6.07, 6.45) is 1.42. The molecular weight excluding hydrogens is 242 g/mol. The smallest absolute Gasteiger partial charge is 0.409 e. The molecule has 19 heavy (non-hydrogen) atoms. The van der Waals surface area contributed by atoms with E-state index in [1.165, 1.54) is 0 Å². The number of nitrogens with one attached hydrogen (secondary N) is 1. The molecule has 1 aliphatic heterocycles. The number of rotatable bonds is 3. The molecule has 5 nitrogen and oxygen atoms in total. The Morgan fingerprint density at radius 2 is 2.11 bits per heavy atom. The maximum absolute atomic E-state index is 11.6. The number of nitrogens with zero attached hydrogens (tertiary/aromatic N) is 2. The van der Waals surface area contributed by atoms with Crippen LogP contribution < -0.4 is 15.5 Å². The lowest BCUT2D eigenvalue weighted by atomic mass is 10.2. The van der Waals surface area contributed by atoms with E-state index in [1.807, 2.05) is 18.2 Å². The highest BCUT2D eigenvalue weighted by Gasteiger charge is 2.27. The minimum Gasteiger partial charge on any atom is -0.427 e. The van der Waals surface area contributed by atoms with E-state index in [1.54, 1.807) is 0 Å². The molecule has 1 saturated carbocycles. The average molecular weight is 260 g/mol. The molecule has 1 aromatic rings. The van der Waals surface area contributed by atoms with Crippen LogP contribution in [0.4, 0.5) is 10.5 Å². The van der Waals surface area contributed by atoms with Crippen LogP contribution in [0.5, 0.6) is 0 Å². The highest BCUT2D eigenvalue weighted by atomic mass is 16.6. The Labute approximate surface area is 112 Å². The van der Waals surface area contributed by atoms with Crippen LogP contribution in [0.3, 0.4) is 0 Å². The molecule has 1 heterocycles. The number of ether oxygens (including phenoxy) is 1. The molecule has 1 N–H and O–H groups in total. The van der Waals surface area contributed by atoms with Gasteiger partial charge in [0.05, 0.1) is 6.54 Å². The lowest BCUT2D eigenvalue weighted by Gasteiger charge is -2.33. The maximum Gasteiger partial charge on any atom is 0.409 e. The molecule has 1 amide bonds. The van der Waals surface area contributed by atoms with Crippen molar-refractivity contribution in [2.24, 2.45) is 0 Å². The van der Waals surface area contributed by atoms with Gasteiger partial charge in [0, 0.05) is 24.8 Å². The third kappa shape index (κ3) is 3.38. The maximum atomic E-state index is 11.6. The molecule has 0 aromatic heterocycles. The molecule has 3 rings (SSSR count). The fourth-order valence-electron chi connectivity index (χ4n) is 2.16. The van der Waals surface area contributed by atoms with Gasteiger partial charge in [-0.2, -0.15) is 5.32 Å². The van der Waals surface area contributed by atoms with Gasteiger partial charge < -0.3 is 15.0 Å². The summed E-state index contributed by atoms with van der Waals surface area (Å²) in [6, 6.07) is 10.5. The lowest BCUT2D eigenvalue weighted by molar-refractivity contribution is 0.0724. The fraction of sp³-hybridized carbons (Fsp3) is 0.500. The van der Waals surface area contributed by atoms with Crippen LogP contribution in [0.25, 0.3) is 0 Å². The average Bonchev–Trinajstić information content (AvgIpc) is 3.24. The van der Waals surface area contributed by atoms with E-state index in [-0.39, 0.29) is 12.3 Å². The number of para-hydroxylation sites is 1. The van der Waals surface area contributed by atoms with Crippen molar-refractivity contribution < 1.29 is 9.53 Å². The van der Waals surface area contributed by atoms with Gasteiger partial charge in [-0.05, 0) is 25.0 Å². The van der Waals surface area contributed by atoms with Crippen molar-refractivity contribution in [3.63, 3.8) is 0 Å². The predicted octanol–water partition coefficient (Wildman–Crippen LogP) is 1.33. The van der Waals surface area contributed by atoms with Crippen LogP contribution in [-0.2, 0) is 4.74 Å². The molecule has 1 radical (unpaired) electrons. The van der Waals surface area contributed by atoms with E-state index in [0.717, 1.165) is 25.1 Å². The Bertz CT molecular complexity index is 434. The minimum absolute atomic E-state index is 0.321. The Balaban J connectivity index is 1.54. The molecule has 1 aromatic carbocycles. The normalized spacial score (nSPS) is 22.9. The van der Waals surface area contributed by atoms with E-state index in [4.69, 9.17) is 4.74 Å². The number of carbonyl (C=O) groups excluding carboxylic acids is 1. The second kappa shape index (κ2) is 5.48. The standard InChI is InChI=1S/C14H18N3O2/c18-14(16-11-6-7-11)19-13-10-17(9-8-15-13)12-4-2-1-3-5-12/h1-5,11,13H,6-10H2,(H,16,18)/t13-/m0/s1. The van der Waals surface area contributed by atoms with Crippen LogP contribution >= 0.6 is 0 Å². The largest absolute Gasteiger partial charge is 0.427 e. The number of carbonyl (C=O) groups is 1. The molecule has 0 spiro atoms. The summed E-state index contributed by atoms with van der Waals surface area (Å²) in [4.78, 5) is 13.8. The number of anilines is 1. The first-order valence-corrected chi connectivity index (χ1v) is 6.75. The number of amides is 1. The van der Waals surface area contributed by atoms with Gasteiger partial charge in [-0.1, -0.05) is 18.2 Å². The second-order valence-corrected chi connectivity index (χ2v) is 4.97. The summed E-state index contributed by atoms with van der Waals surface area (Å²) in [5, 5.41) is 7.16. The number of hydrogen-bond acceptors (Lipinski definition) is 3. The van der Waals surface area contributed by atoms with Gasteiger partial charge in [-0.3, -0.25) is 0 Å². The first-order valence-electron chi connectivity index (χ1n) is 6.75. The zero-order chi connectivity index (χ0) is 13.1. The quantitative estimate of drug-likeness (QED) is 0.892. The van der Waals surface area contributed by atoms with Crippen molar-refractivity contribution in [3.8, 4) is 0 Å². The van der Waals surface area contributed by atoms with Gasteiger partial charge in [0.25, 0.3) is 0 Å². The molecule has 1 aliphatic carbocycles. The first kappa shape index (κ1) is 12.3. The highest BCUT2D eigenvalue weighted by molar-refractivity contribution is 5.68. The summed E-state index contributed by atoms with van der Waals surface area (Å²) >= 11 is 0. The first-order chi connectivity index (χ1) is 9.31. The molecule has 0 unspecified atom stereocenters. The molecule has 2 aliphatic rings. The van der Waals surface area contributed by atoms with Gasteiger partial charge in [0.15, 0.2) is 6.23 Å². The zero-order valence-corrected chi connectivity index (χ0v) is 10.8. The number of benzene rings is 1. The SMILES string of the molecule is O=C(NC1CC1)O[C@H]1CN(c2ccccc2)CC[N]1. The summed E-state index contributed by atoms with van der Waals surface area (Å²) in [7, 11) is 0. The molecule has 5 heteroatoms. The van der Waals surface area contributed by atoms with Gasteiger partial charge in [-0.25, -0.2) is 4.79 Å². The summed E-state index contributed by atoms with van der Waals surface area (Å²) in [6.45, 7) is 2.19. The molecule has 1 saturated heterocycles. The van der Waals surface area contributed by atoms with Crippen LogP contribution in [0.2, 0.25) is 0 Å². The fourth-order valence-corrected chi connectivity index (χ4v) is 2.16. The second-order valence-electron chi connectivity index (χ2n) is 4.97. The van der Waals surface area contributed by atoms with Crippen LogP contribution in [-0.4, -0.2) is 38.0 Å². The number of piperazine rings is 1. The van der Waals surface area contributed by atoms with Crippen LogP contribution in [0, 0.1) is 0 Å². The van der Waals surface area contributed by atoms with Gasteiger partial charge in [0.2, 0.25) is 0 Å². The zero-order valence-electron chi connectivity index (χ0n) is 10.8. The minimum atomic E-state index is -0.368. The lowest BCUT2D eigenvalue weighted by Crippen LogP contribution is -2.50. The van der Waals surface area contributed by atoms with Crippen molar-refractivity contribution >= 4 is 11.8 Å². The highest BCUT2D eigenvalue weighted by Crippen LogP contribution is 2.19. The molecular formula is C14H18N3O2. The van der Waals surface area contributed by atoms with E-state index in [0.29, 0.717) is 19.1 Å². The Kier molecular flexibility index (Phi) is 3.55. The summed E-state index contributed by atoms with van der Waals surface area (Å²) in [5.41, 5.74) is 1.15. The third-order valence-corrected chi connectivity index (χ3v) is 3.34. The van der Waals surface area contributed by atoms with Gasteiger partial charge >= 0.3 is 6.09 Å². The summed E-state index contributed by atoms with van der Waals surface area (Å²) < 4.78 is 5.34. The molecule has 0 bridgehead atoms. The van der Waals surface area contributed by atoms with E-state index < -0.39 is 0 Å². The van der Waals surface area contributed by atoms with Crippen molar-refractivity contribution in [2.75, 3.05) is 24.5 Å².